The molecule has 0 amide bonds. The lowest BCUT2D eigenvalue weighted by Crippen LogP contribution is -2.49. The Bertz CT molecular complexity index is 284. The fourth-order valence-corrected chi connectivity index (χ4v) is 3.13. The number of hydrogen-bond donors (Lipinski definition) is 2. The molecule has 1 aliphatic heterocycles. The van der Waals surface area contributed by atoms with Crippen LogP contribution in [0.2, 0.25) is 0 Å². The minimum absolute atomic E-state index is 0.0451. The minimum Gasteiger partial charge on any atom is -0.385 e. The summed E-state index contributed by atoms with van der Waals surface area (Å²) in [5, 5.41) is 3.27. The molecule has 1 aliphatic rings. The van der Waals surface area contributed by atoms with Crippen LogP contribution in [0.4, 0.5) is 0 Å². The van der Waals surface area contributed by atoms with Crippen molar-refractivity contribution in [2.24, 2.45) is 0 Å². The van der Waals surface area contributed by atoms with Gasteiger partial charge in [0.05, 0.1) is 5.75 Å². The van der Waals surface area contributed by atoms with Crippen molar-refractivity contribution in [2.45, 2.75) is 38.3 Å². The number of sulfonamides is 1. The molecule has 0 aromatic carbocycles. The lowest BCUT2D eigenvalue weighted by molar-refractivity contribution is 0.199. The van der Waals surface area contributed by atoms with Crippen molar-refractivity contribution >= 4 is 10.0 Å². The third kappa shape index (κ3) is 5.25. The highest BCUT2D eigenvalue weighted by Crippen LogP contribution is 2.08. The lowest BCUT2D eigenvalue weighted by atomic mass is 10.0. The van der Waals surface area contributed by atoms with E-state index in [-0.39, 0.29) is 11.8 Å². The zero-order valence-electron chi connectivity index (χ0n) is 10.0. The molecule has 0 aromatic heterocycles. The summed E-state index contributed by atoms with van der Waals surface area (Å²) in [5.41, 5.74) is 0. The summed E-state index contributed by atoms with van der Waals surface area (Å²) >= 11 is 0. The van der Waals surface area contributed by atoms with Crippen LogP contribution in [0.5, 0.6) is 0 Å². The van der Waals surface area contributed by atoms with Gasteiger partial charge in [-0.25, -0.2) is 13.1 Å². The summed E-state index contributed by atoms with van der Waals surface area (Å²) in [6.45, 7) is 3.33. The van der Waals surface area contributed by atoms with Gasteiger partial charge in [-0.15, -0.1) is 0 Å². The molecular weight excluding hydrogens is 228 g/mol. The van der Waals surface area contributed by atoms with Crippen molar-refractivity contribution in [3.05, 3.63) is 0 Å². The lowest BCUT2D eigenvalue weighted by Gasteiger charge is -2.28. The predicted octanol–water partition coefficient (Wildman–Crippen LogP) is 0.0828. The molecule has 0 saturated carbocycles. The van der Waals surface area contributed by atoms with Gasteiger partial charge < -0.3 is 10.1 Å². The van der Waals surface area contributed by atoms with E-state index in [9.17, 15) is 8.42 Å². The molecule has 1 saturated heterocycles. The van der Waals surface area contributed by atoms with Gasteiger partial charge in [-0.2, -0.15) is 0 Å². The third-order valence-corrected chi connectivity index (χ3v) is 4.29. The molecule has 96 valence electrons. The fourth-order valence-electron chi connectivity index (χ4n) is 1.81. The maximum absolute atomic E-state index is 11.7. The molecule has 6 heteroatoms. The number of methoxy groups -OCH3 is 1. The van der Waals surface area contributed by atoms with Gasteiger partial charge in [-0.05, 0) is 26.2 Å². The molecule has 1 heterocycles. The Hall–Kier alpha value is -0.170. The standard InChI is InChI=1S/C10H22N2O3S/c1-9-4-5-10(8-11-9)12-16(13,14)7-3-6-15-2/h9-12H,3-8H2,1-2H3. The molecule has 16 heavy (non-hydrogen) atoms. The molecule has 0 aromatic rings. The van der Waals surface area contributed by atoms with Crippen LogP contribution in [0.15, 0.2) is 0 Å². The first-order valence-corrected chi connectivity index (χ1v) is 7.41. The van der Waals surface area contributed by atoms with Crippen LogP contribution in [0, 0.1) is 0 Å². The average Bonchev–Trinajstić information content (AvgIpc) is 2.21. The maximum Gasteiger partial charge on any atom is 0.211 e. The van der Waals surface area contributed by atoms with Crippen LogP contribution in [-0.4, -0.2) is 46.5 Å². The van der Waals surface area contributed by atoms with E-state index >= 15 is 0 Å². The van der Waals surface area contributed by atoms with Crippen LogP contribution in [-0.2, 0) is 14.8 Å². The minimum atomic E-state index is -3.14. The average molecular weight is 250 g/mol. The number of ether oxygens (including phenoxy) is 1. The van der Waals surface area contributed by atoms with Gasteiger partial charge >= 0.3 is 0 Å². The zero-order valence-corrected chi connectivity index (χ0v) is 10.8. The molecule has 1 fully saturated rings. The maximum atomic E-state index is 11.7. The molecule has 2 unspecified atom stereocenters. The second-order valence-electron chi connectivity index (χ2n) is 4.37. The van der Waals surface area contributed by atoms with E-state index in [4.69, 9.17) is 4.74 Å². The number of nitrogens with one attached hydrogen (secondary N) is 2. The molecule has 0 radical (unpaired) electrons. The van der Waals surface area contributed by atoms with Gasteiger partial charge in [0, 0.05) is 32.3 Å². The quantitative estimate of drug-likeness (QED) is 0.655. The highest BCUT2D eigenvalue weighted by atomic mass is 32.2. The largest absolute Gasteiger partial charge is 0.385 e. The summed E-state index contributed by atoms with van der Waals surface area (Å²) in [6.07, 6.45) is 2.48. The Labute approximate surface area is 98.0 Å². The molecule has 5 nitrogen and oxygen atoms in total. The molecule has 2 N–H and O–H groups in total. The van der Waals surface area contributed by atoms with Crippen molar-refractivity contribution in [3.63, 3.8) is 0 Å². The number of rotatable bonds is 6. The SMILES string of the molecule is COCCCS(=O)(=O)NC1CCC(C)NC1. The van der Waals surface area contributed by atoms with Gasteiger partial charge in [0.1, 0.15) is 0 Å². The van der Waals surface area contributed by atoms with Gasteiger partial charge in [-0.1, -0.05) is 0 Å². The first-order valence-electron chi connectivity index (χ1n) is 5.76. The zero-order chi connectivity index (χ0) is 12.0. The van der Waals surface area contributed by atoms with E-state index in [0.717, 1.165) is 19.4 Å². The summed E-state index contributed by atoms with van der Waals surface area (Å²) in [4.78, 5) is 0. The smallest absolute Gasteiger partial charge is 0.211 e. The van der Waals surface area contributed by atoms with Crippen molar-refractivity contribution in [1.82, 2.24) is 10.0 Å². The summed E-state index contributed by atoms with van der Waals surface area (Å²) in [7, 11) is -1.57. The monoisotopic (exact) mass is 250 g/mol. The first kappa shape index (κ1) is 13.9. The normalized spacial score (nSPS) is 26.9. The predicted molar refractivity (Wildman–Crippen MR) is 63.9 cm³/mol. The second-order valence-corrected chi connectivity index (χ2v) is 6.24. The fraction of sp³-hybridized carbons (Fsp3) is 1.00. The van der Waals surface area contributed by atoms with Crippen LogP contribution >= 0.6 is 0 Å². The molecule has 0 aliphatic carbocycles. The highest BCUT2D eigenvalue weighted by Gasteiger charge is 2.21. The van der Waals surface area contributed by atoms with Crippen LogP contribution in [0.25, 0.3) is 0 Å². The van der Waals surface area contributed by atoms with Crippen molar-refractivity contribution in [2.75, 3.05) is 26.0 Å². The second kappa shape index (κ2) is 6.54. The third-order valence-electron chi connectivity index (χ3n) is 2.77. The molecular formula is C10H22N2O3S. The molecule has 0 spiro atoms. The van der Waals surface area contributed by atoms with Crippen molar-refractivity contribution < 1.29 is 13.2 Å². The van der Waals surface area contributed by atoms with Gasteiger partial charge in [0.2, 0.25) is 10.0 Å². The topological polar surface area (TPSA) is 67.4 Å². The van der Waals surface area contributed by atoms with Gasteiger partial charge in [0.25, 0.3) is 0 Å². The van der Waals surface area contributed by atoms with E-state index < -0.39 is 10.0 Å². The number of hydrogen-bond acceptors (Lipinski definition) is 4. The van der Waals surface area contributed by atoms with E-state index in [0.29, 0.717) is 19.1 Å². The van der Waals surface area contributed by atoms with E-state index in [1.165, 1.54) is 0 Å². The molecule has 2 atom stereocenters. The summed E-state index contributed by atoms with van der Waals surface area (Å²) in [5.74, 6) is 0.146. The molecule has 1 rings (SSSR count). The molecule has 0 bridgehead atoms. The Morgan fingerprint density at radius 1 is 1.44 bits per heavy atom. The summed E-state index contributed by atoms with van der Waals surface area (Å²) < 4.78 is 30.9. The Kier molecular flexibility index (Phi) is 5.68. The summed E-state index contributed by atoms with van der Waals surface area (Å²) in [6, 6.07) is 0.540. The van der Waals surface area contributed by atoms with Gasteiger partial charge in [-0.3, -0.25) is 0 Å². The van der Waals surface area contributed by atoms with Crippen LogP contribution < -0.4 is 10.0 Å². The van der Waals surface area contributed by atoms with Crippen molar-refractivity contribution in [3.8, 4) is 0 Å². The van der Waals surface area contributed by atoms with E-state index in [1.807, 2.05) is 0 Å². The van der Waals surface area contributed by atoms with E-state index in [2.05, 4.69) is 17.0 Å². The van der Waals surface area contributed by atoms with Crippen LogP contribution in [0.1, 0.15) is 26.2 Å². The first-order chi connectivity index (χ1) is 7.53. The van der Waals surface area contributed by atoms with Crippen molar-refractivity contribution in [1.29, 1.82) is 0 Å². The Morgan fingerprint density at radius 2 is 2.19 bits per heavy atom. The Balaban J connectivity index is 2.29. The number of piperidine rings is 1. The Morgan fingerprint density at radius 3 is 2.75 bits per heavy atom. The highest BCUT2D eigenvalue weighted by molar-refractivity contribution is 7.89. The van der Waals surface area contributed by atoms with Gasteiger partial charge in [0.15, 0.2) is 0 Å². The van der Waals surface area contributed by atoms with E-state index in [1.54, 1.807) is 7.11 Å². The van der Waals surface area contributed by atoms with Crippen LogP contribution in [0.3, 0.4) is 0 Å².